The molecule has 2 aliphatic heterocycles. The normalized spacial score (nSPS) is 20.0. The fraction of sp³-hybridized carbons (Fsp3) is 0.371. The molecule has 4 atom stereocenters. The van der Waals surface area contributed by atoms with Gasteiger partial charge in [-0.25, -0.2) is 9.97 Å². The highest BCUT2D eigenvalue weighted by Crippen LogP contribution is 2.44. The van der Waals surface area contributed by atoms with Gasteiger partial charge < -0.3 is 30.2 Å². The van der Waals surface area contributed by atoms with Crippen LogP contribution in [-0.4, -0.2) is 63.3 Å². The molecule has 2 aromatic carbocycles. The van der Waals surface area contributed by atoms with E-state index in [-0.39, 0.29) is 42.0 Å². The van der Waals surface area contributed by atoms with Gasteiger partial charge in [0.05, 0.1) is 24.9 Å². The van der Waals surface area contributed by atoms with E-state index in [0.29, 0.717) is 30.6 Å². The first-order valence-electron chi connectivity index (χ1n) is 15.6. The minimum absolute atomic E-state index is 0.0567. The van der Waals surface area contributed by atoms with Crippen molar-refractivity contribution in [2.75, 3.05) is 19.7 Å². The maximum Gasteiger partial charge on any atom is 0.254 e. The molecule has 0 bridgehead atoms. The fourth-order valence-electron chi connectivity index (χ4n) is 6.82. The molecule has 4 unspecified atom stereocenters. The van der Waals surface area contributed by atoms with Crippen molar-refractivity contribution in [3.8, 4) is 11.5 Å². The average Bonchev–Trinajstić information content (AvgIpc) is 3.90. The molecule has 2 aromatic heterocycles. The second-order valence-electron chi connectivity index (χ2n) is 11.9. The number of carbonyl (C=O) groups is 2. The van der Waals surface area contributed by atoms with Crippen LogP contribution in [0.5, 0.6) is 0 Å². The van der Waals surface area contributed by atoms with Crippen molar-refractivity contribution >= 4 is 23.2 Å². The van der Waals surface area contributed by atoms with E-state index >= 15 is 0 Å². The summed E-state index contributed by atoms with van der Waals surface area (Å²) >= 11 is 1.53. The molecule has 2 saturated heterocycles. The van der Waals surface area contributed by atoms with E-state index in [4.69, 9.17) is 19.9 Å². The van der Waals surface area contributed by atoms with Gasteiger partial charge in [0, 0.05) is 40.2 Å². The Morgan fingerprint density at radius 1 is 1.26 bits per heavy atom. The summed E-state index contributed by atoms with van der Waals surface area (Å²) in [6.07, 6.45) is 7.82. The molecule has 0 spiro atoms. The Bertz CT molecular complexity index is 1680. The average molecular weight is 642 g/mol. The SMILES string of the molecule is C=CCOC(O)(C1CCCN1)C(Cc1ccccc1)c1c(C(N)=O)cc(-c2ncco2)cc1C(=O)N1CCCC1c1nc(C)cs1. The van der Waals surface area contributed by atoms with Crippen molar-refractivity contribution in [2.24, 2.45) is 5.73 Å². The van der Waals surface area contributed by atoms with Crippen LogP contribution in [0.3, 0.4) is 0 Å². The number of ether oxygens (including phenoxy) is 1. The van der Waals surface area contributed by atoms with E-state index in [0.717, 1.165) is 35.5 Å². The zero-order valence-electron chi connectivity index (χ0n) is 25.9. The highest BCUT2D eigenvalue weighted by atomic mass is 32.1. The van der Waals surface area contributed by atoms with E-state index < -0.39 is 23.7 Å². The Morgan fingerprint density at radius 3 is 2.72 bits per heavy atom. The van der Waals surface area contributed by atoms with E-state index in [1.807, 2.05) is 47.5 Å². The minimum atomic E-state index is -1.83. The monoisotopic (exact) mass is 641 g/mol. The van der Waals surface area contributed by atoms with Crippen molar-refractivity contribution in [1.29, 1.82) is 0 Å². The number of aryl methyl sites for hydroxylation is 1. The lowest BCUT2D eigenvalue weighted by Crippen LogP contribution is -2.55. The molecule has 2 aliphatic rings. The van der Waals surface area contributed by atoms with Crippen LogP contribution in [0, 0.1) is 6.92 Å². The number of rotatable bonds is 12. The van der Waals surface area contributed by atoms with Gasteiger partial charge in [0.15, 0.2) is 5.79 Å². The first-order valence-corrected chi connectivity index (χ1v) is 16.5. The molecule has 46 heavy (non-hydrogen) atoms. The van der Waals surface area contributed by atoms with E-state index in [1.165, 1.54) is 23.8 Å². The highest BCUT2D eigenvalue weighted by molar-refractivity contribution is 7.09. The third kappa shape index (κ3) is 6.28. The van der Waals surface area contributed by atoms with E-state index in [9.17, 15) is 14.7 Å². The fourth-order valence-corrected chi connectivity index (χ4v) is 7.77. The molecule has 0 saturated carbocycles. The number of nitrogens with zero attached hydrogens (tertiary/aromatic N) is 3. The molecular weight excluding hydrogens is 602 g/mol. The molecule has 4 heterocycles. The number of primary amides is 1. The topological polar surface area (TPSA) is 144 Å². The Morgan fingerprint density at radius 2 is 2.07 bits per heavy atom. The molecule has 4 N–H and O–H groups in total. The zero-order valence-corrected chi connectivity index (χ0v) is 26.7. The van der Waals surface area contributed by atoms with Crippen molar-refractivity contribution < 1.29 is 23.8 Å². The number of oxazole rings is 1. The summed E-state index contributed by atoms with van der Waals surface area (Å²) in [5.74, 6) is -3.50. The molecule has 2 fully saturated rings. The number of nitrogens with one attached hydrogen (secondary N) is 1. The number of aromatic nitrogens is 2. The largest absolute Gasteiger partial charge is 0.445 e. The number of aliphatic hydroxyl groups is 1. The molecule has 0 aliphatic carbocycles. The molecule has 11 heteroatoms. The summed E-state index contributed by atoms with van der Waals surface area (Å²) in [7, 11) is 0. The predicted molar refractivity (Wildman–Crippen MR) is 175 cm³/mol. The number of carbonyl (C=O) groups excluding carboxylic acids is 2. The Hall–Kier alpha value is -4.16. The zero-order chi connectivity index (χ0) is 32.3. The quantitative estimate of drug-likeness (QED) is 0.142. The number of thiazole rings is 1. The van der Waals surface area contributed by atoms with Crippen molar-refractivity contribution in [2.45, 2.75) is 62.8 Å². The van der Waals surface area contributed by atoms with Crippen LogP contribution in [-0.2, 0) is 11.2 Å². The van der Waals surface area contributed by atoms with Crippen molar-refractivity contribution in [3.05, 3.63) is 106 Å². The summed E-state index contributed by atoms with van der Waals surface area (Å²) in [6.45, 7) is 7.02. The molecule has 6 rings (SSSR count). The molecule has 4 aromatic rings. The number of nitrogens with two attached hydrogens (primary N) is 1. The molecule has 0 radical (unpaired) electrons. The summed E-state index contributed by atoms with van der Waals surface area (Å²) < 4.78 is 11.9. The van der Waals surface area contributed by atoms with Gasteiger partial charge >= 0.3 is 0 Å². The number of hydrogen-bond acceptors (Lipinski definition) is 9. The Kier molecular flexibility index (Phi) is 9.46. The Labute approximate surface area is 272 Å². The molecular formula is C35H39N5O5S. The van der Waals surface area contributed by atoms with Crippen molar-refractivity contribution in [1.82, 2.24) is 20.2 Å². The summed E-state index contributed by atoms with van der Waals surface area (Å²) in [6, 6.07) is 12.3. The maximum atomic E-state index is 14.9. The highest BCUT2D eigenvalue weighted by Gasteiger charge is 2.49. The third-order valence-electron chi connectivity index (χ3n) is 8.91. The van der Waals surface area contributed by atoms with Gasteiger partial charge in [0.1, 0.15) is 11.3 Å². The minimum Gasteiger partial charge on any atom is -0.445 e. The third-order valence-corrected chi connectivity index (χ3v) is 9.98. The van der Waals surface area contributed by atoms with Gasteiger partial charge in [-0.1, -0.05) is 36.4 Å². The van der Waals surface area contributed by atoms with Gasteiger partial charge in [-0.2, -0.15) is 0 Å². The summed E-state index contributed by atoms with van der Waals surface area (Å²) in [5.41, 5.74) is 9.03. The van der Waals surface area contributed by atoms with Crippen LogP contribution < -0.4 is 11.1 Å². The molecule has 240 valence electrons. The van der Waals surface area contributed by atoms with Crippen molar-refractivity contribution in [3.63, 3.8) is 0 Å². The van der Waals surface area contributed by atoms with Gasteiger partial charge in [0.2, 0.25) is 11.8 Å². The first-order chi connectivity index (χ1) is 22.3. The second-order valence-corrected chi connectivity index (χ2v) is 12.8. The molecule has 10 nitrogen and oxygen atoms in total. The van der Waals surface area contributed by atoms with Crippen LogP contribution >= 0.6 is 11.3 Å². The van der Waals surface area contributed by atoms with Crippen LogP contribution in [0.4, 0.5) is 0 Å². The van der Waals surface area contributed by atoms with Gasteiger partial charge in [0.25, 0.3) is 5.91 Å². The van der Waals surface area contributed by atoms with E-state index in [1.54, 1.807) is 18.2 Å². The van der Waals surface area contributed by atoms with Crippen LogP contribution in [0.15, 0.2) is 77.4 Å². The second kappa shape index (κ2) is 13.7. The maximum absolute atomic E-state index is 14.9. The Balaban J connectivity index is 1.59. The van der Waals surface area contributed by atoms with Gasteiger partial charge in [-0.05, 0) is 68.8 Å². The van der Waals surface area contributed by atoms with Gasteiger partial charge in [-0.3, -0.25) is 9.59 Å². The van der Waals surface area contributed by atoms with Crippen LogP contribution in [0.1, 0.15) is 80.2 Å². The number of amides is 2. The lowest BCUT2D eigenvalue weighted by molar-refractivity contribution is -0.229. The summed E-state index contributed by atoms with van der Waals surface area (Å²) in [5, 5.41) is 19.0. The van der Waals surface area contributed by atoms with E-state index in [2.05, 4.69) is 16.9 Å². The lowest BCUT2D eigenvalue weighted by Gasteiger charge is -2.42. The number of hydrogen-bond donors (Lipinski definition) is 3. The predicted octanol–water partition coefficient (Wildman–Crippen LogP) is 5.15. The molecule has 2 amide bonds. The standard InChI is InChI=1S/C35H39N5O5S/c1-3-16-45-35(43,29-12-7-13-37-29)27(18-23-9-5-4-6-10-23)30-25(31(36)41)19-24(32-38-14-17-44-32)20-26(30)34(42)40-15-8-11-28(40)33-39-22(2)21-46-33/h3-6,9-10,14,17,19-21,27-29,37,43H,1,7-8,11-13,15-16,18H2,2H3,(H2,36,41). The van der Waals surface area contributed by atoms with Crippen LogP contribution in [0.2, 0.25) is 0 Å². The smallest absolute Gasteiger partial charge is 0.254 e. The lowest BCUT2D eigenvalue weighted by atomic mass is 9.76. The first kappa shape index (κ1) is 31.8. The van der Waals surface area contributed by atoms with Gasteiger partial charge in [-0.15, -0.1) is 17.9 Å². The summed E-state index contributed by atoms with van der Waals surface area (Å²) in [4.78, 5) is 39.2. The number of likely N-dealkylation sites (tertiary alicyclic amines) is 1. The van der Waals surface area contributed by atoms with Crippen LogP contribution in [0.25, 0.3) is 11.5 Å². The number of benzene rings is 2.